The molecule has 2 aromatic rings. The minimum Gasteiger partial charge on any atom is -0.486 e. The summed E-state index contributed by atoms with van der Waals surface area (Å²) < 4.78 is 7.33. The Balaban J connectivity index is 2.00. The van der Waals surface area contributed by atoms with Crippen LogP contribution in [-0.4, -0.2) is 31.1 Å². The molecule has 0 aliphatic heterocycles. The molecule has 0 aliphatic carbocycles. The first kappa shape index (κ1) is 14.4. The number of ether oxygens (including phenoxy) is 1. The van der Waals surface area contributed by atoms with E-state index in [1.165, 1.54) is 0 Å². The van der Waals surface area contributed by atoms with Gasteiger partial charge < -0.3 is 14.4 Å². The Morgan fingerprint density at radius 3 is 2.75 bits per heavy atom. The molecule has 1 heterocycles. The fourth-order valence-corrected chi connectivity index (χ4v) is 2.22. The van der Waals surface area contributed by atoms with Crippen LogP contribution in [0.1, 0.15) is 12.7 Å². The predicted molar refractivity (Wildman–Crippen MR) is 74.7 cm³/mol. The van der Waals surface area contributed by atoms with E-state index in [-0.39, 0.29) is 6.61 Å². The van der Waals surface area contributed by atoms with E-state index in [0.717, 1.165) is 17.5 Å². The van der Waals surface area contributed by atoms with Crippen molar-refractivity contribution >= 4 is 17.7 Å². The molecule has 0 fully saturated rings. The van der Waals surface area contributed by atoms with Crippen molar-refractivity contribution in [2.75, 3.05) is 0 Å². The van der Waals surface area contributed by atoms with Gasteiger partial charge in [-0.05, 0) is 19.1 Å². The van der Waals surface area contributed by atoms with Gasteiger partial charge in [-0.2, -0.15) is 0 Å². The quantitative estimate of drug-likeness (QED) is 0.820. The lowest BCUT2D eigenvalue weighted by molar-refractivity contribution is -0.136. The topological polar surface area (TPSA) is 77.2 Å². The number of aliphatic carboxylic acids is 1. The molecule has 0 radical (unpaired) electrons. The van der Waals surface area contributed by atoms with Crippen LogP contribution in [0.25, 0.3) is 0 Å². The van der Waals surface area contributed by atoms with Crippen LogP contribution in [0.3, 0.4) is 0 Å². The maximum Gasteiger partial charge on any atom is 0.316 e. The summed E-state index contributed by atoms with van der Waals surface area (Å²) in [4.78, 5) is 10.8. The molecule has 20 heavy (non-hydrogen) atoms. The monoisotopic (exact) mass is 293 g/mol. The Morgan fingerprint density at radius 1 is 1.40 bits per heavy atom. The summed E-state index contributed by atoms with van der Waals surface area (Å²) in [6.07, 6.45) is 0. The van der Waals surface area contributed by atoms with Gasteiger partial charge in [0.25, 0.3) is 0 Å². The minimum atomic E-state index is -0.875. The van der Waals surface area contributed by atoms with Crippen LogP contribution in [0.15, 0.2) is 35.5 Å². The number of nitrogens with zero attached hydrogens (tertiary/aromatic N) is 3. The van der Waals surface area contributed by atoms with Crippen LogP contribution in [0.5, 0.6) is 5.75 Å². The number of benzene rings is 1. The van der Waals surface area contributed by atoms with E-state index in [9.17, 15) is 4.79 Å². The highest BCUT2D eigenvalue weighted by Gasteiger charge is 2.17. The average molecular weight is 293 g/mol. The van der Waals surface area contributed by atoms with Gasteiger partial charge in [0.2, 0.25) is 0 Å². The number of rotatable bonds is 6. The summed E-state index contributed by atoms with van der Waals surface area (Å²) in [5.41, 5.74) is 0. The molecule has 1 atom stereocenters. The third-order valence-corrected chi connectivity index (χ3v) is 3.79. The first-order chi connectivity index (χ1) is 9.58. The molecular formula is C13H15N3O3S. The Bertz CT molecular complexity index is 586. The molecule has 1 unspecified atom stereocenters. The van der Waals surface area contributed by atoms with Crippen LogP contribution in [0.2, 0.25) is 0 Å². The average Bonchev–Trinajstić information content (AvgIpc) is 2.78. The van der Waals surface area contributed by atoms with Crippen molar-refractivity contribution in [1.82, 2.24) is 14.8 Å². The van der Waals surface area contributed by atoms with Crippen LogP contribution in [0, 0.1) is 0 Å². The fourth-order valence-electron chi connectivity index (χ4n) is 1.45. The molecule has 0 aliphatic rings. The van der Waals surface area contributed by atoms with Crippen molar-refractivity contribution in [2.45, 2.75) is 23.9 Å². The largest absolute Gasteiger partial charge is 0.486 e. The zero-order chi connectivity index (χ0) is 14.5. The minimum absolute atomic E-state index is 0.287. The fraction of sp³-hybridized carbons (Fsp3) is 0.308. The van der Waals surface area contributed by atoms with Crippen LogP contribution < -0.4 is 4.74 Å². The predicted octanol–water partition coefficient (Wildman–Crippen LogP) is 1.96. The lowest BCUT2D eigenvalue weighted by atomic mass is 10.3. The Morgan fingerprint density at radius 2 is 2.10 bits per heavy atom. The highest BCUT2D eigenvalue weighted by atomic mass is 32.2. The third kappa shape index (κ3) is 3.51. The maximum atomic E-state index is 10.8. The highest BCUT2D eigenvalue weighted by molar-refractivity contribution is 8.00. The van der Waals surface area contributed by atoms with Crippen LogP contribution in [-0.2, 0) is 18.4 Å². The summed E-state index contributed by atoms with van der Waals surface area (Å²) in [5.74, 6) is 0.526. The summed E-state index contributed by atoms with van der Waals surface area (Å²) in [5, 5.41) is 16.9. The lowest BCUT2D eigenvalue weighted by Crippen LogP contribution is -2.12. The first-order valence-electron chi connectivity index (χ1n) is 6.03. The standard InChI is InChI=1S/C13H15N3O3S/c1-9(12(17)18)20-13-15-14-11(16(13)2)8-19-10-6-4-3-5-7-10/h3-7,9H,8H2,1-2H3,(H,17,18). The SMILES string of the molecule is CC(Sc1nnc(COc2ccccc2)n1C)C(=O)O. The van der Waals surface area contributed by atoms with Crippen molar-refractivity contribution in [2.24, 2.45) is 7.05 Å². The second-order valence-corrected chi connectivity index (χ2v) is 5.47. The molecule has 2 rings (SSSR count). The van der Waals surface area contributed by atoms with Gasteiger partial charge in [-0.3, -0.25) is 4.79 Å². The maximum absolute atomic E-state index is 10.8. The van der Waals surface area contributed by atoms with Gasteiger partial charge in [0.1, 0.15) is 17.6 Å². The number of hydrogen-bond acceptors (Lipinski definition) is 5. The Kier molecular flexibility index (Phi) is 4.62. The first-order valence-corrected chi connectivity index (χ1v) is 6.91. The zero-order valence-corrected chi connectivity index (χ0v) is 12.0. The van der Waals surface area contributed by atoms with Crippen molar-refractivity contribution in [3.8, 4) is 5.75 Å². The molecule has 6 nitrogen and oxygen atoms in total. The molecule has 0 amide bonds. The molecule has 0 saturated heterocycles. The van der Waals surface area contributed by atoms with Gasteiger partial charge in [0.15, 0.2) is 11.0 Å². The van der Waals surface area contributed by atoms with Crippen molar-refractivity contribution in [3.05, 3.63) is 36.2 Å². The molecule has 1 aromatic carbocycles. The number of aromatic nitrogens is 3. The van der Waals surface area contributed by atoms with E-state index in [0.29, 0.717) is 11.0 Å². The molecule has 1 aromatic heterocycles. The number of carboxylic acids is 1. The van der Waals surface area contributed by atoms with Gasteiger partial charge >= 0.3 is 5.97 Å². The molecule has 106 valence electrons. The number of hydrogen-bond donors (Lipinski definition) is 1. The van der Waals surface area contributed by atoms with Crippen molar-refractivity contribution < 1.29 is 14.6 Å². The number of thioether (sulfide) groups is 1. The Labute approximate surface area is 120 Å². The summed E-state index contributed by atoms with van der Waals surface area (Å²) >= 11 is 1.16. The molecular weight excluding hydrogens is 278 g/mol. The van der Waals surface area contributed by atoms with E-state index in [1.807, 2.05) is 30.3 Å². The van der Waals surface area contributed by atoms with Crippen molar-refractivity contribution in [3.63, 3.8) is 0 Å². The highest BCUT2D eigenvalue weighted by Crippen LogP contribution is 2.21. The van der Waals surface area contributed by atoms with E-state index >= 15 is 0 Å². The number of para-hydroxylation sites is 1. The van der Waals surface area contributed by atoms with E-state index in [1.54, 1.807) is 18.5 Å². The van der Waals surface area contributed by atoms with Gasteiger partial charge in [-0.15, -0.1) is 10.2 Å². The van der Waals surface area contributed by atoms with Gasteiger partial charge in [-0.1, -0.05) is 30.0 Å². The second kappa shape index (κ2) is 6.42. The lowest BCUT2D eigenvalue weighted by Gasteiger charge is -2.07. The second-order valence-electron chi connectivity index (χ2n) is 4.16. The van der Waals surface area contributed by atoms with Gasteiger partial charge in [-0.25, -0.2) is 0 Å². The Hall–Kier alpha value is -2.02. The van der Waals surface area contributed by atoms with E-state index in [2.05, 4.69) is 10.2 Å². The van der Waals surface area contributed by atoms with E-state index < -0.39 is 11.2 Å². The third-order valence-electron chi connectivity index (χ3n) is 2.67. The zero-order valence-electron chi connectivity index (χ0n) is 11.2. The molecule has 1 N–H and O–H groups in total. The summed E-state index contributed by atoms with van der Waals surface area (Å²) in [6, 6.07) is 9.41. The summed E-state index contributed by atoms with van der Waals surface area (Å²) in [7, 11) is 1.79. The van der Waals surface area contributed by atoms with Crippen LogP contribution >= 0.6 is 11.8 Å². The van der Waals surface area contributed by atoms with Gasteiger partial charge in [0.05, 0.1) is 0 Å². The number of carboxylic acid groups (broad SMARTS) is 1. The van der Waals surface area contributed by atoms with Crippen LogP contribution in [0.4, 0.5) is 0 Å². The normalized spacial score (nSPS) is 12.1. The van der Waals surface area contributed by atoms with Crippen molar-refractivity contribution in [1.29, 1.82) is 0 Å². The summed E-state index contributed by atoms with van der Waals surface area (Å²) in [6.45, 7) is 1.90. The molecule has 0 bridgehead atoms. The molecule has 0 spiro atoms. The molecule has 0 saturated carbocycles. The van der Waals surface area contributed by atoms with Gasteiger partial charge in [0, 0.05) is 7.05 Å². The van der Waals surface area contributed by atoms with E-state index in [4.69, 9.17) is 9.84 Å². The smallest absolute Gasteiger partial charge is 0.316 e. The number of carbonyl (C=O) groups is 1. The molecule has 7 heteroatoms.